The molecule has 0 aliphatic carbocycles. The number of alkyl halides is 1. The number of aromatic nitrogens is 2. The summed E-state index contributed by atoms with van der Waals surface area (Å²) in [6.07, 6.45) is 0. The molecule has 1 heterocycles. The zero-order valence-electron chi connectivity index (χ0n) is 11.3. The second-order valence-electron chi connectivity index (χ2n) is 4.86. The monoisotopic (exact) mass is 304 g/mol. The third-order valence-electron chi connectivity index (χ3n) is 3.31. The van der Waals surface area contributed by atoms with E-state index in [1.54, 1.807) is 0 Å². The minimum atomic E-state index is -0.195. The van der Waals surface area contributed by atoms with Crippen molar-refractivity contribution in [3.63, 3.8) is 0 Å². The molecule has 3 rings (SSSR count). The standard InChI is InChI=1S/C16H14Cl2N2/c1-10-6-8-12(9-7-10)20-14-5-3-4-13(18)15(14)19-16(20)11(2)17/h3-9,11H,1-2H3. The van der Waals surface area contributed by atoms with Crippen LogP contribution in [-0.4, -0.2) is 9.55 Å². The van der Waals surface area contributed by atoms with Crippen LogP contribution < -0.4 is 0 Å². The third-order valence-corrected chi connectivity index (χ3v) is 3.81. The van der Waals surface area contributed by atoms with Crippen molar-refractivity contribution in [2.75, 3.05) is 0 Å². The van der Waals surface area contributed by atoms with E-state index in [1.807, 2.05) is 25.1 Å². The number of para-hydroxylation sites is 1. The van der Waals surface area contributed by atoms with Gasteiger partial charge in [0, 0.05) is 5.69 Å². The summed E-state index contributed by atoms with van der Waals surface area (Å²) >= 11 is 12.5. The lowest BCUT2D eigenvalue weighted by Gasteiger charge is -2.10. The van der Waals surface area contributed by atoms with Crippen molar-refractivity contribution in [3.05, 3.63) is 58.9 Å². The van der Waals surface area contributed by atoms with E-state index < -0.39 is 0 Å². The SMILES string of the molecule is Cc1ccc(-n2c(C(C)Cl)nc3c(Cl)cccc32)cc1. The molecule has 20 heavy (non-hydrogen) atoms. The molecule has 0 aliphatic heterocycles. The zero-order chi connectivity index (χ0) is 14.3. The highest BCUT2D eigenvalue weighted by molar-refractivity contribution is 6.35. The van der Waals surface area contributed by atoms with Gasteiger partial charge in [-0.05, 0) is 38.1 Å². The molecule has 102 valence electrons. The Morgan fingerprint density at radius 2 is 1.80 bits per heavy atom. The lowest BCUT2D eigenvalue weighted by molar-refractivity contribution is 0.882. The summed E-state index contributed by atoms with van der Waals surface area (Å²) in [7, 11) is 0. The third kappa shape index (κ3) is 2.19. The molecule has 0 saturated heterocycles. The van der Waals surface area contributed by atoms with Crippen molar-refractivity contribution in [3.8, 4) is 5.69 Å². The first-order chi connectivity index (χ1) is 9.58. The van der Waals surface area contributed by atoms with Crippen LogP contribution in [0.4, 0.5) is 0 Å². The van der Waals surface area contributed by atoms with Crippen molar-refractivity contribution >= 4 is 34.2 Å². The minimum absolute atomic E-state index is 0.195. The van der Waals surface area contributed by atoms with Gasteiger partial charge in [-0.3, -0.25) is 4.57 Å². The minimum Gasteiger partial charge on any atom is -0.295 e. The number of fused-ring (bicyclic) bond motifs is 1. The van der Waals surface area contributed by atoms with Crippen molar-refractivity contribution in [1.29, 1.82) is 0 Å². The molecule has 1 unspecified atom stereocenters. The fourth-order valence-electron chi connectivity index (χ4n) is 2.32. The number of imidazole rings is 1. The second kappa shape index (κ2) is 5.12. The van der Waals surface area contributed by atoms with Crippen LogP contribution in [0.2, 0.25) is 5.02 Å². The smallest absolute Gasteiger partial charge is 0.132 e. The summed E-state index contributed by atoms with van der Waals surface area (Å²) in [4.78, 5) is 4.61. The summed E-state index contributed by atoms with van der Waals surface area (Å²) in [5.41, 5.74) is 4.03. The predicted octanol–water partition coefficient (Wildman–Crippen LogP) is 5.29. The van der Waals surface area contributed by atoms with Gasteiger partial charge in [0.25, 0.3) is 0 Å². The van der Waals surface area contributed by atoms with Gasteiger partial charge in [0.15, 0.2) is 0 Å². The van der Waals surface area contributed by atoms with Crippen molar-refractivity contribution in [1.82, 2.24) is 9.55 Å². The molecule has 1 atom stereocenters. The molecular formula is C16H14Cl2N2. The highest BCUT2D eigenvalue weighted by Gasteiger charge is 2.17. The van der Waals surface area contributed by atoms with E-state index in [-0.39, 0.29) is 5.38 Å². The molecule has 2 nitrogen and oxygen atoms in total. The van der Waals surface area contributed by atoms with E-state index in [1.165, 1.54) is 5.56 Å². The molecule has 1 aromatic heterocycles. The fraction of sp³-hybridized carbons (Fsp3) is 0.188. The first-order valence-electron chi connectivity index (χ1n) is 6.46. The number of hydrogen-bond donors (Lipinski definition) is 0. The molecule has 2 aromatic carbocycles. The first-order valence-corrected chi connectivity index (χ1v) is 7.27. The van der Waals surface area contributed by atoms with E-state index in [4.69, 9.17) is 23.2 Å². The number of benzene rings is 2. The average molecular weight is 305 g/mol. The number of rotatable bonds is 2. The van der Waals surface area contributed by atoms with E-state index in [0.29, 0.717) is 5.02 Å². The summed E-state index contributed by atoms with van der Waals surface area (Å²) in [6, 6.07) is 14.1. The molecule has 0 bridgehead atoms. The van der Waals surface area contributed by atoms with Gasteiger partial charge in [-0.2, -0.15) is 0 Å². The predicted molar refractivity (Wildman–Crippen MR) is 85.1 cm³/mol. The summed E-state index contributed by atoms with van der Waals surface area (Å²) in [6.45, 7) is 3.99. The number of halogens is 2. The van der Waals surface area contributed by atoms with Crippen LogP contribution >= 0.6 is 23.2 Å². The van der Waals surface area contributed by atoms with E-state index >= 15 is 0 Å². The lowest BCUT2D eigenvalue weighted by atomic mass is 10.2. The molecule has 0 aliphatic rings. The Morgan fingerprint density at radius 3 is 2.45 bits per heavy atom. The first kappa shape index (κ1) is 13.5. The van der Waals surface area contributed by atoms with Gasteiger partial charge in [0.2, 0.25) is 0 Å². The van der Waals surface area contributed by atoms with Gasteiger partial charge in [0.1, 0.15) is 11.3 Å². The van der Waals surface area contributed by atoms with Crippen molar-refractivity contribution < 1.29 is 0 Å². The Morgan fingerprint density at radius 1 is 1.10 bits per heavy atom. The molecule has 0 saturated carbocycles. The topological polar surface area (TPSA) is 17.8 Å². The number of hydrogen-bond acceptors (Lipinski definition) is 1. The quantitative estimate of drug-likeness (QED) is 0.588. The van der Waals surface area contributed by atoms with E-state index in [2.05, 4.69) is 40.7 Å². The maximum atomic E-state index is 6.29. The van der Waals surface area contributed by atoms with E-state index in [9.17, 15) is 0 Å². The Balaban J connectivity index is 2.35. The van der Waals surface area contributed by atoms with Gasteiger partial charge in [-0.25, -0.2) is 4.98 Å². The van der Waals surface area contributed by atoms with Crippen LogP contribution in [0.25, 0.3) is 16.7 Å². The molecule has 0 spiro atoms. The Kier molecular flexibility index (Phi) is 3.45. The zero-order valence-corrected chi connectivity index (χ0v) is 12.8. The maximum absolute atomic E-state index is 6.29. The molecule has 4 heteroatoms. The largest absolute Gasteiger partial charge is 0.295 e. The van der Waals surface area contributed by atoms with Gasteiger partial charge in [-0.1, -0.05) is 35.4 Å². The summed E-state index contributed by atoms with van der Waals surface area (Å²) in [5.74, 6) is 0.804. The molecule has 3 aromatic rings. The van der Waals surface area contributed by atoms with Gasteiger partial charge >= 0.3 is 0 Å². The Bertz CT molecular complexity index is 758. The summed E-state index contributed by atoms with van der Waals surface area (Å²) < 4.78 is 2.07. The van der Waals surface area contributed by atoms with Crippen LogP contribution in [-0.2, 0) is 0 Å². The van der Waals surface area contributed by atoms with Crippen LogP contribution in [0.5, 0.6) is 0 Å². The molecular weight excluding hydrogens is 291 g/mol. The van der Waals surface area contributed by atoms with Crippen LogP contribution in [0.3, 0.4) is 0 Å². The highest BCUT2D eigenvalue weighted by Crippen LogP contribution is 2.31. The Labute approximate surface area is 128 Å². The van der Waals surface area contributed by atoms with Crippen LogP contribution in [0.1, 0.15) is 23.7 Å². The molecule has 0 radical (unpaired) electrons. The van der Waals surface area contributed by atoms with Gasteiger partial charge in [0.05, 0.1) is 15.9 Å². The molecule has 0 fully saturated rings. The average Bonchev–Trinajstić information content (AvgIpc) is 2.81. The number of nitrogens with zero attached hydrogens (tertiary/aromatic N) is 2. The Hall–Kier alpha value is -1.51. The second-order valence-corrected chi connectivity index (χ2v) is 5.93. The van der Waals surface area contributed by atoms with Crippen LogP contribution in [0.15, 0.2) is 42.5 Å². The fourth-order valence-corrected chi connectivity index (χ4v) is 2.67. The van der Waals surface area contributed by atoms with Gasteiger partial charge in [-0.15, -0.1) is 11.6 Å². The van der Waals surface area contributed by atoms with Crippen molar-refractivity contribution in [2.45, 2.75) is 19.2 Å². The van der Waals surface area contributed by atoms with E-state index in [0.717, 1.165) is 22.5 Å². The molecule has 0 amide bonds. The van der Waals surface area contributed by atoms with Crippen molar-refractivity contribution in [2.24, 2.45) is 0 Å². The number of aryl methyl sites for hydroxylation is 1. The highest BCUT2D eigenvalue weighted by atomic mass is 35.5. The van der Waals surface area contributed by atoms with Crippen LogP contribution in [0, 0.1) is 6.92 Å². The molecule has 0 N–H and O–H groups in total. The normalized spacial score (nSPS) is 12.8. The van der Waals surface area contributed by atoms with Gasteiger partial charge < -0.3 is 0 Å². The maximum Gasteiger partial charge on any atom is 0.132 e. The lowest BCUT2D eigenvalue weighted by Crippen LogP contribution is -2.01. The summed E-state index contributed by atoms with van der Waals surface area (Å²) in [5, 5.41) is 0.451.